The van der Waals surface area contributed by atoms with E-state index in [0.717, 1.165) is 43.3 Å². The number of anilines is 1. The molecule has 0 spiro atoms. The summed E-state index contributed by atoms with van der Waals surface area (Å²) in [4.78, 5) is 33.5. The maximum Gasteiger partial charge on any atom is 0.259 e. The Morgan fingerprint density at radius 3 is 2.42 bits per heavy atom. The van der Waals surface area contributed by atoms with Gasteiger partial charge in [0.2, 0.25) is 0 Å². The molecule has 1 aliphatic rings. The summed E-state index contributed by atoms with van der Waals surface area (Å²) in [5.74, 6) is -0.478. The molecule has 6 nitrogen and oxygen atoms in total. The number of hydrogen-bond acceptors (Lipinski definition) is 5. The summed E-state index contributed by atoms with van der Waals surface area (Å²) in [7, 11) is 2.16. The van der Waals surface area contributed by atoms with Crippen molar-refractivity contribution < 1.29 is 9.18 Å². The Morgan fingerprint density at radius 1 is 1.00 bits per heavy atom. The smallest absolute Gasteiger partial charge is 0.259 e. The van der Waals surface area contributed by atoms with Crippen LogP contribution in [-0.4, -0.2) is 40.5 Å². The van der Waals surface area contributed by atoms with E-state index in [9.17, 15) is 9.59 Å². The molecule has 1 unspecified atom stereocenters. The normalized spacial score (nSPS) is 15.2. The molecule has 5 aromatic rings. The summed E-state index contributed by atoms with van der Waals surface area (Å²) < 4.78 is 16.8. The summed E-state index contributed by atoms with van der Waals surface area (Å²) in [5, 5.41) is 5.36. The van der Waals surface area contributed by atoms with Crippen molar-refractivity contribution in [3.63, 3.8) is 0 Å². The Bertz CT molecular complexity index is 1690. The molecular weight excluding hydrogens is 523 g/mol. The van der Waals surface area contributed by atoms with Crippen LogP contribution in [0.3, 0.4) is 0 Å². The first-order chi connectivity index (χ1) is 19.5. The van der Waals surface area contributed by atoms with Crippen molar-refractivity contribution in [2.75, 3.05) is 25.5 Å². The van der Waals surface area contributed by atoms with Gasteiger partial charge in [0.05, 0.1) is 5.39 Å². The summed E-state index contributed by atoms with van der Waals surface area (Å²) in [6, 6.07) is 21.5. The minimum absolute atomic E-state index is 0.217. The fourth-order valence-electron chi connectivity index (χ4n) is 5.51. The molecule has 202 valence electrons. The van der Waals surface area contributed by atoms with Crippen LogP contribution in [0.4, 0.5) is 9.52 Å². The molecule has 6 rings (SSSR count). The van der Waals surface area contributed by atoms with Gasteiger partial charge >= 0.3 is 0 Å². The SMILES string of the molecule is CN1CCC(c2ccc(-c3ccc4c(=O)n(C(C(=O)Nc5nccs5)c5ccccc5)cc(F)c4c3)cc2)CC1. The van der Waals surface area contributed by atoms with E-state index in [-0.39, 0.29) is 10.8 Å². The maximum absolute atomic E-state index is 15.7. The van der Waals surface area contributed by atoms with Crippen molar-refractivity contribution in [2.24, 2.45) is 0 Å². The number of likely N-dealkylation sites (tertiary alicyclic amines) is 1. The number of piperidine rings is 1. The number of thiazole rings is 1. The van der Waals surface area contributed by atoms with Crippen molar-refractivity contribution in [3.8, 4) is 11.1 Å². The van der Waals surface area contributed by atoms with Crippen LogP contribution < -0.4 is 10.9 Å². The fourth-order valence-corrected chi connectivity index (χ4v) is 6.04. The quantitative estimate of drug-likeness (QED) is 0.268. The van der Waals surface area contributed by atoms with Gasteiger partial charge in [-0.1, -0.05) is 60.7 Å². The predicted molar refractivity (Wildman–Crippen MR) is 158 cm³/mol. The van der Waals surface area contributed by atoms with Crippen molar-refractivity contribution in [2.45, 2.75) is 24.8 Å². The van der Waals surface area contributed by atoms with Gasteiger partial charge in [0.25, 0.3) is 11.5 Å². The maximum atomic E-state index is 15.7. The van der Waals surface area contributed by atoms with E-state index in [1.807, 2.05) is 12.1 Å². The monoisotopic (exact) mass is 552 g/mol. The Morgan fingerprint density at radius 2 is 1.73 bits per heavy atom. The first-order valence-corrected chi connectivity index (χ1v) is 14.2. The summed E-state index contributed by atoms with van der Waals surface area (Å²) >= 11 is 1.27. The summed E-state index contributed by atoms with van der Waals surface area (Å²) in [6.45, 7) is 2.21. The molecule has 40 heavy (non-hydrogen) atoms. The molecule has 1 atom stereocenters. The fraction of sp³-hybridized carbons (Fsp3) is 0.219. The molecule has 1 aliphatic heterocycles. The van der Waals surface area contributed by atoms with Crippen molar-refractivity contribution in [1.29, 1.82) is 0 Å². The standard InChI is InChI=1S/C32H29FN4O2S/c1-36-16-13-23(14-17-36)21-7-9-22(10-8-21)25-11-12-26-27(19-25)28(33)20-37(31(26)39)29(24-5-3-2-4-6-24)30(38)35-32-34-15-18-40-32/h2-12,15,18-20,23,29H,13-14,16-17H2,1H3,(H,34,35,38). The summed E-state index contributed by atoms with van der Waals surface area (Å²) in [5.41, 5.74) is 3.25. The zero-order chi connectivity index (χ0) is 27.6. The van der Waals surface area contributed by atoms with Crippen molar-refractivity contribution in [1.82, 2.24) is 14.5 Å². The van der Waals surface area contributed by atoms with Crippen LogP contribution in [0.2, 0.25) is 0 Å². The number of hydrogen-bond donors (Lipinski definition) is 1. The highest BCUT2D eigenvalue weighted by molar-refractivity contribution is 7.13. The van der Waals surface area contributed by atoms with E-state index in [1.165, 1.54) is 21.5 Å². The molecule has 1 amide bonds. The van der Waals surface area contributed by atoms with Crippen LogP contribution in [0.1, 0.15) is 35.9 Å². The zero-order valence-electron chi connectivity index (χ0n) is 22.1. The molecule has 1 N–H and O–H groups in total. The number of halogens is 1. The average molecular weight is 553 g/mol. The van der Waals surface area contributed by atoms with E-state index >= 15 is 4.39 Å². The Hall–Kier alpha value is -4.14. The van der Waals surface area contributed by atoms with E-state index in [2.05, 4.69) is 46.5 Å². The number of benzene rings is 3. The van der Waals surface area contributed by atoms with E-state index < -0.39 is 23.3 Å². The number of amides is 1. The Labute approximate surface area is 235 Å². The lowest BCUT2D eigenvalue weighted by Gasteiger charge is -2.29. The highest BCUT2D eigenvalue weighted by Crippen LogP contribution is 2.31. The first kappa shape index (κ1) is 26.1. The predicted octanol–water partition coefficient (Wildman–Crippen LogP) is 6.30. The largest absolute Gasteiger partial charge is 0.306 e. The molecule has 1 fully saturated rings. The van der Waals surface area contributed by atoms with Crippen molar-refractivity contribution >= 4 is 33.1 Å². The van der Waals surface area contributed by atoms with Gasteiger partial charge in [0, 0.05) is 23.2 Å². The van der Waals surface area contributed by atoms with Gasteiger partial charge in [-0.3, -0.25) is 19.5 Å². The van der Waals surface area contributed by atoms with Gasteiger partial charge in [-0.15, -0.1) is 11.3 Å². The highest BCUT2D eigenvalue weighted by Gasteiger charge is 2.26. The van der Waals surface area contributed by atoms with Crippen LogP contribution in [0.25, 0.3) is 21.9 Å². The molecule has 1 saturated heterocycles. The third kappa shape index (κ3) is 5.20. The van der Waals surface area contributed by atoms with E-state index in [1.54, 1.807) is 48.0 Å². The number of carbonyl (C=O) groups excluding carboxylic acids is 1. The lowest BCUT2D eigenvalue weighted by molar-refractivity contribution is -0.118. The number of nitrogens with zero attached hydrogens (tertiary/aromatic N) is 3. The topological polar surface area (TPSA) is 67.2 Å². The van der Waals surface area contributed by atoms with Crippen LogP contribution in [0, 0.1) is 5.82 Å². The lowest BCUT2D eigenvalue weighted by Crippen LogP contribution is -2.34. The summed E-state index contributed by atoms with van der Waals surface area (Å²) in [6.07, 6.45) is 5.01. The molecular formula is C32H29FN4O2S. The molecule has 3 heterocycles. The Balaban J connectivity index is 1.35. The van der Waals surface area contributed by atoms with Gasteiger partial charge in [-0.25, -0.2) is 9.37 Å². The molecule has 0 saturated carbocycles. The number of aromatic nitrogens is 2. The molecule has 3 aromatic carbocycles. The highest BCUT2D eigenvalue weighted by atomic mass is 32.1. The number of nitrogens with one attached hydrogen (secondary N) is 1. The second kappa shape index (κ2) is 11.2. The lowest BCUT2D eigenvalue weighted by atomic mass is 9.88. The van der Waals surface area contributed by atoms with E-state index in [0.29, 0.717) is 16.6 Å². The Kier molecular flexibility index (Phi) is 7.28. The number of fused-ring (bicyclic) bond motifs is 1. The number of pyridine rings is 1. The number of rotatable bonds is 6. The molecule has 0 aliphatic carbocycles. The second-order valence-corrected chi connectivity index (χ2v) is 11.2. The van der Waals surface area contributed by atoms with Gasteiger partial charge in [-0.2, -0.15) is 0 Å². The minimum Gasteiger partial charge on any atom is -0.306 e. The second-order valence-electron chi connectivity index (χ2n) is 10.3. The minimum atomic E-state index is -1.07. The van der Waals surface area contributed by atoms with Gasteiger partial charge in [0.15, 0.2) is 5.13 Å². The average Bonchev–Trinajstić information content (AvgIpc) is 3.50. The van der Waals surface area contributed by atoms with Crippen LogP contribution in [-0.2, 0) is 4.79 Å². The van der Waals surface area contributed by atoms with Crippen molar-refractivity contribution in [3.05, 3.63) is 118 Å². The third-order valence-corrected chi connectivity index (χ3v) is 8.42. The van der Waals surface area contributed by atoms with Gasteiger partial charge in [0.1, 0.15) is 11.9 Å². The van der Waals surface area contributed by atoms with Crippen LogP contribution >= 0.6 is 11.3 Å². The van der Waals surface area contributed by atoms with E-state index in [4.69, 9.17) is 0 Å². The van der Waals surface area contributed by atoms with Crippen LogP contribution in [0.15, 0.2) is 95.4 Å². The first-order valence-electron chi connectivity index (χ1n) is 13.4. The number of carbonyl (C=O) groups is 1. The van der Waals surface area contributed by atoms with Gasteiger partial charge < -0.3 is 4.90 Å². The molecule has 8 heteroatoms. The molecule has 0 bridgehead atoms. The third-order valence-electron chi connectivity index (χ3n) is 7.73. The molecule has 0 radical (unpaired) electrons. The molecule has 2 aromatic heterocycles. The van der Waals surface area contributed by atoms with Crippen LogP contribution in [0.5, 0.6) is 0 Å². The van der Waals surface area contributed by atoms with Gasteiger partial charge in [-0.05, 0) is 73.3 Å². The zero-order valence-corrected chi connectivity index (χ0v) is 22.9.